The number of benzene rings is 4. The zero-order valence-corrected chi connectivity index (χ0v) is 18.5. The van der Waals surface area contributed by atoms with E-state index in [0.717, 1.165) is 32.7 Å². The van der Waals surface area contributed by atoms with Crippen LogP contribution in [0.15, 0.2) is 103 Å². The van der Waals surface area contributed by atoms with Crippen molar-refractivity contribution in [2.24, 2.45) is 0 Å². The van der Waals surface area contributed by atoms with Crippen molar-refractivity contribution in [2.45, 2.75) is 6.42 Å². The van der Waals surface area contributed by atoms with Crippen LogP contribution in [-0.4, -0.2) is 6.61 Å². The summed E-state index contributed by atoms with van der Waals surface area (Å²) in [5.74, 6) is 1.54. The van der Waals surface area contributed by atoms with E-state index in [0.29, 0.717) is 41.2 Å². The van der Waals surface area contributed by atoms with E-state index in [1.807, 2.05) is 78.9 Å². The second kappa shape index (κ2) is 7.43. The lowest BCUT2D eigenvalue weighted by Gasteiger charge is -2.12. The second-order valence-electron chi connectivity index (χ2n) is 8.67. The summed E-state index contributed by atoms with van der Waals surface area (Å²) in [7, 11) is 0. The Hall–Kier alpha value is -4.64. The van der Waals surface area contributed by atoms with Crippen LogP contribution in [0.4, 0.5) is 0 Å². The third-order valence-corrected chi connectivity index (χ3v) is 6.73. The van der Waals surface area contributed by atoms with Gasteiger partial charge in [0.15, 0.2) is 5.39 Å². The molecule has 5 heteroatoms. The monoisotopic (exact) mass is 458 g/mol. The molecular weight excluding hydrogens is 440 g/mol. The van der Waals surface area contributed by atoms with E-state index < -0.39 is 11.3 Å². The van der Waals surface area contributed by atoms with E-state index in [4.69, 9.17) is 13.6 Å². The summed E-state index contributed by atoms with van der Waals surface area (Å²) in [6.45, 7) is 0.390. The van der Waals surface area contributed by atoms with Crippen molar-refractivity contribution in [1.82, 2.24) is 0 Å². The van der Waals surface area contributed by atoms with Crippen LogP contribution in [0.5, 0.6) is 5.75 Å². The van der Waals surface area contributed by atoms with Crippen LogP contribution < -0.4 is 16.0 Å². The quantitative estimate of drug-likeness (QED) is 0.288. The fourth-order valence-electron chi connectivity index (χ4n) is 5.12. The maximum absolute atomic E-state index is 13.1. The molecule has 2 aromatic heterocycles. The zero-order chi connectivity index (χ0) is 23.5. The van der Waals surface area contributed by atoms with Gasteiger partial charge in [-0.25, -0.2) is 9.59 Å². The van der Waals surface area contributed by atoms with E-state index in [2.05, 4.69) is 0 Å². The van der Waals surface area contributed by atoms with Crippen molar-refractivity contribution >= 4 is 32.3 Å². The lowest BCUT2D eigenvalue weighted by Crippen LogP contribution is -2.15. The van der Waals surface area contributed by atoms with Gasteiger partial charge in [0, 0.05) is 28.3 Å². The maximum Gasteiger partial charge on any atom is 0.351 e. The molecule has 0 saturated carbocycles. The first-order chi connectivity index (χ1) is 17.2. The molecule has 7 rings (SSSR count). The lowest BCUT2D eigenvalue weighted by atomic mass is 9.96. The van der Waals surface area contributed by atoms with Crippen molar-refractivity contribution in [3.63, 3.8) is 0 Å². The summed E-state index contributed by atoms with van der Waals surface area (Å²) < 4.78 is 17.6. The molecule has 0 atom stereocenters. The van der Waals surface area contributed by atoms with Gasteiger partial charge >= 0.3 is 11.3 Å². The van der Waals surface area contributed by atoms with Gasteiger partial charge < -0.3 is 13.6 Å². The standard InChI is InChI=1S/C30H18O5/c31-29-26-24(16-25(34-29)21-11-5-8-17-6-1-3-9-19(17)21)22-14-15-33-27-20-10-4-2-7-18(20)12-13-23(27)28(22)35-30(26)32/h1-13,16H,14-15H2. The van der Waals surface area contributed by atoms with Crippen LogP contribution in [0.1, 0.15) is 5.56 Å². The lowest BCUT2D eigenvalue weighted by molar-refractivity contribution is 0.330. The molecule has 0 aliphatic carbocycles. The van der Waals surface area contributed by atoms with E-state index in [-0.39, 0.29) is 5.39 Å². The molecule has 0 radical (unpaired) electrons. The molecule has 168 valence electrons. The highest BCUT2D eigenvalue weighted by Gasteiger charge is 2.25. The summed E-state index contributed by atoms with van der Waals surface area (Å²) >= 11 is 0. The van der Waals surface area contributed by atoms with Gasteiger partial charge in [0.2, 0.25) is 0 Å². The van der Waals surface area contributed by atoms with Gasteiger partial charge in [0.05, 0.1) is 12.2 Å². The Bertz CT molecular complexity index is 1920. The predicted molar refractivity (Wildman–Crippen MR) is 136 cm³/mol. The molecule has 0 unspecified atom stereocenters. The first-order valence-corrected chi connectivity index (χ1v) is 11.5. The molecule has 0 spiro atoms. The van der Waals surface area contributed by atoms with Gasteiger partial charge in [-0.15, -0.1) is 0 Å². The molecule has 0 fully saturated rings. The molecule has 4 aromatic carbocycles. The van der Waals surface area contributed by atoms with E-state index in [9.17, 15) is 9.59 Å². The van der Waals surface area contributed by atoms with E-state index in [1.54, 1.807) is 6.07 Å². The molecule has 0 amide bonds. The van der Waals surface area contributed by atoms with Crippen molar-refractivity contribution in [2.75, 3.05) is 6.61 Å². The third kappa shape index (κ3) is 2.95. The molecule has 0 saturated heterocycles. The summed E-state index contributed by atoms with van der Waals surface area (Å²) in [6, 6.07) is 27.4. The highest BCUT2D eigenvalue weighted by Crippen LogP contribution is 2.42. The molecule has 35 heavy (non-hydrogen) atoms. The van der Waals surface area contributed by atoms with Gasteiger partial charge in [0.1, 0.15) is 17.3 Å². The minimum atomic E-state index is -0.710. The van der Waals surface area contributed by atoms with Crippen LogP contribution >= 0.6 is 0 Å². The Morgan fingerprint density at radius 3 is 2.20 bits per heavy atom. The number of fused-ring (bicyclic) bond motifs is 8. The zero-order valence-electron chi connectivity index (χ0n) is 18.5. The Morgan fingerprint density at radius 1 is 0.629 bits per heavy atom. The minimum absolute atomic E-state index is 0.0722. The van der Waals surface area contributed by atoms with Gasteiger partial charge in [0.25, 0.3) is 0 Å². The van der Waals surface area contributed by atoms with Crippen LogP contribution in [0.25, 0.3) is 55.0 Å². The normalized spacial score (nSPS) is 12.8. The van der Waals surface area contributed by atoms with Gasteiger partial charge in [-0.3, -0.25) is 0 Å². The summed E-state index contributed by atoms with van der Waals surface area (Å²) in [5, 5.41) is 4.46. The van der Waals surface area contributed by atoms with Crippen molar-refractivity contribution in [3.8, 4) is 28.4 Å². The van der Waals surface area contributed by atoms with Crippen molar-refractivity contribution < 1.29 is 13.6 Å². The van der Waals surface area contributed by atoms with Crippen molar-refractivity contribution in [3.05, 3.63) is 111 Å². The summed E-state index contributed by atoms with van der Waals surface area (Å²) in [4.78, 5) is 26.1. The Morgan fingerprint density at radius 2 is 1.34 bits per heavy atom. The van der Waals surface area contributed by atoms with Gasteiger partial charge in [-0.1, -0.05) is 72.8 Å². The first kappa shape index (κ1) is 19.8. The Kier molecular flexibility index (Phi) is 4.20. The minimum Gasteiger partial charge on any atom is -0.492 e. The van der Waals surface area contributed by atoms with Crippen LogP contribution in [-0.2, 0) is 6.42 Å². The highest BCUT2D eigenvalue weighted by molar-refractivity contribution is 6.00. The molecule has 3 heterocycles. The van der Waals surface area contributed by atoms with Crippen molar-refractivity contribution in [1.29, 1.82) is 0 Å². The van der Waals surface area contributed by atoms with Crippen LogP contribution in [0.3, 0.4) is 0 Å². The van der Waals surface area contributed by atoms with Crippen LogP contribution in [0, 0.1) is 0 Å². The summed E-state index contributed by atoms with van der Waals surface area (Å²) in [5.41, 5.74) is 0.849. The highest BCUT2D eigenvalue weighted by atomic mass is 16.5. The Labute approximate surface area is 198 Å². The number of rotatable bonds is 1. The molecule has 6 aromatic rings. The largest absolute Gasteiger partial charge is 0.492 e. The molecule has 1 aliphatic heterocycles. The summed E-state index contributed by atoms with van der Waals surface area (Å²) in [6.07, 6.45) is 0.483. The average Bonchev–Trinajstić information content (AvgIpc) is 3.08. The van der Waals surface area contributed by atoms with Gasteiger partial charge in [-0.05, 0) is 28.3 Å². The topological polar surface area (TPSA) is 69.7 Å². The smallest absolute Gasteiger partial charge is 0.351 e. The number of hydrogen-bond acceptors (Lipinski definition) is 5. The van der Waals surface area contributed by atoms with Crippen LogP contribution in [0.2, 0.25) is 0 Å². The van der Waals surface area contributed by atoms with Gasteiger partial charge in [-0.2, -0.15) is 0 Å². The van der Waals surface area contributed by atoms with E-state index >= 15 is 0 Å². The molecule has 0 bridgehead atoms. The predicted octanol–water partition coefficient (Wildman–Crippen LogP) is 6.32. The maximum atomic E-state index is 13.1. The SMILES string of the molecule is O=c1oc(-c2cccc3ccccc23)cc2c3c(oc(=O)c12)-c1ccc2ccccc2c1OCC3. The molecular formula is C30H18O5. The van der Waals surface area contributed by atoms with E-state index in [1.165, 1.54) is 0 Å². The first-order valence-electron chi connectivity index (χ1n) is 11.5. The number of ether oxygens (including phenoxy) is 1. The molecule has 5 nitrogen and oxygen atoms in total. The number of hydrogen-bond donors (Lipinski definition) is 0. The molecule has 0 N–H and O–H groups in total. The fourth-order valence-corrected chi connectivity index (χ4v) is 5.12. The average molecular weight is 458 g/mol. The molecule has 1 aliphatic rings. The Balaban J connectivity index is 1.56. The third-order valence-electron chi connectivity index (χ3n) is 6.73. The second-order valence-corrected chi connectivity index (χ2v) is 8.67. The fraction of sp³-hybridized carbons (Fsp3) is 0.0667.